The SMILES string of the molecule is O=C(CN1CCC(N2CC(=O)N(CC(F)(F)F)C2=O)CC1)c1ccccc1. The number of likely N-dealkylation sites (tertiary alicyclic amines) is 1. The number of hydrogen-bond acceptors (Lipinski definition) is 4. The van der Waals surface area contributed by atoms with Crippen LogP contribution in [-0.4, -0.2) is 77.4 Å². The van der Waals surface area contributed by atoms with Gasteiger partial charge in [0.15, 0.2) is 5.78 Å². The average molecular weight is 383 g/mol. The van der Waals surface area contributed by atoms with Gasteiger partial charge in [-0.3, -0.25) is 19.4 Å². The van der Waals surface area contributed by atoms with E-state index < -0.39 is 24.7 Å². The van der Waals surface area contributed by atoms with Gasteiger partial charge in [0.05, 0.1) is 6.54 Å². The zero-order chi connectivity index (χ0) is 19.6. The maximum absolute atomic E-state index is 12.5. The highest BCUT2D eigenvalue weighted by atomic mass is 19.4. The van der Waals surface area contributed by atoms with Gasteiger partial charge in [0.25, 0.3) is 5.91 Å². The van der Waals surface area contributed by atoms with Crippen LogP contribution < -0.4 is 0 Å². The molecule has 0 radical (unpaired) electrons. The number of halogens is 3. The van der Waals surface area contributed by atoms with E-state index in [1.807, 2.05) is 11.0 Å². The minimum absolute atomic E-state index is 0.00201. The van der Waals surface area contributed by atoms with Gasteiger partial charge in [0.1, 0.15) is 13.1 Å². The minimum Gasteiger partial charge on any atom is -0.312 e. The fourth-order valence-corrected chi connectivity index (χ4v) is 3.49. The van der Waals surface area contributed by atoms with Gasteiger partial charge in [-0.05, 0) is 12.8 Å². The van der Waals surface area contributed by atoms with Crippen LogP contribution in [0.2, 0.25) is 0 Å². The van der Waals surface area contributed by atoms with Crippen molar-refractivity contribution in [1.82, 2.24) is 14.7 Å². The lowest BCUT2D eigenvalue weighted by Crippen LogP contribution is -2.48. The first-order valence-corrected chi connectivity index (χ1v) is 8.73. The van der Waals surface area contributed by atoms with Crippen molar-refractivity contribution in [3.05, 3.63) is 35.9 Å². The largest absolute Gasteiger partial charge is 0.406 e. The Kier molecular flexibility index (Phi) is 5.50. The number of nitrogens with zero attached hydrogens (tertiary/aromatic N) is 3. The van der Waals surface area contributed by atoms with Gasteiger partial charge < -0.3 is 4.90 Å². The average Bonchev–Trinajstić information content (AvgIpc) is 2.90. The fourth-order valence-electron chi connectivity index (χ4n) is 3.49. The van der Waals surface area contributed by atoms with E-state index >= 15 is 0 Å². The standard InChI is InChI=1S/C18H20F3N3O3/c19-18(20,21)12-24-16(26)11-23(17(24)27)14-6-8-22(9-7-14)10-15(25)13-4-2-1-3-5-13/h1-5,14H,6-12H2. The second-order valence-corrected chi connectivity index (χ2v) is 6.80. The number of carbonyl (C=O) groups excluding carboxylic acids is 3. The Bertz CT molecular complexity index is 716. The van der Waals surface area contributed by atoms with Crippen molar-refractivity contribution < 1.29 is 27.6 Å². The summed E-state index contributed by atoms with van der Waals surface area (Å²) in [5, 5.41) is 0. The van der Waals surface area contributed by atoms with Crippen LogP contribution in [0, 0.1) is 0 Å². The molecule has 9 heteroatoms. The highest BCUT2D eigenvalue weighted by Crippen LogP contribution is 2.25. The van der Waals surface area contributed by atoms with Crippen molar-refractivity contribution in [2.75, 3.05) is 32.7 Å². The number of carbonyl (C=O) groups is 3. The molecule has 2 aliphatic rings. The summed E-state index contributed by atoms with van der Waals surface area (Å²) in [5.74, 6) is -0.822. The van der Waals surface area contributed by atoms with Crippen LogP contribution in [0.5, 0.6) is 0 Å². The van der Waals surface area contributed by atoms with Crippen LogP contribution in [0.4, 0.5) is 18.0 Å². The first kappa shape index (κ1) is 19.3. The predicted molar refractivity (Wildman–Crippen MR) is 90.1 cm³/mol. The lowest BCUT2D eigenvalue weighted by atomic mass is 10.0. The third-order valence-corrected chi connectivity index (χ3v) is 4.88. The molecular weight excluding hydrogens is 363 g/mol. The molecule has 1 aromatic carbocycles. The molecule has 0 atom stereocenters. The van der Waals surface area contributed by atoms with E-state index in [2.05, 4.69) is 0 Å². The molecule has 6 nitrogen and oxygen atoms in total. The topological polar surface area (TPSA) is 60.9 Å². The smallest absolute Gasteiger partial charge is 0.312 e. The summed E-state index contributed by atoms with van der Waals surface area (Å²) in [7, 11) is 0. The van der Waals surface area contributed by atoms with Crippen molar-refractivity contribution in [1.29, 1.82) is 0 Å². The molecule has 3 amide bonds. The minimum atomic E-state index is -4.61. The highest BCUT2D eigenvalue weighted by Gasteiger charge is 2.45. The second-order valence-electron chi connectivity index (χ2n) is 6.80. The Hall–Kier alpha value is -2.42. The molecule has 0 saturated carbocycles. The molecule has 0 aromatic heterocycles. The van der Waals surface area contributed by atoms with Crippen LogP contribution >= 0.6 is 0 Å². The number of ketones is 1. The number of urea groups is 1. The molecule has 0 aliphatic carbocycles. The zero-order valence-electron chi connectivity index (χ0n) is 14.6. The lowest BCUT2D eigenvalue weighted by Gasteiger charge is -2.35. The lowest BCUT2D eigenvalue weighted by molar-refractivity contribution is -0.151. The van der Waals surface area contributed by atoms with Gasteiger partial charge in [-0.15, -0.1) is 0 Å². The number of benzene rings is 1. The summed E-state index contributed by atoms with van der Waals surface area (Å²) < 4.78 is 37.6. The Morgan fingerprint density at radius 1 is 1.07 bits per heavy atom. The second kappa shape index (κ2) is 7.67. The number of Topliss-reactive ketones (excluding diaryl/α,β-unsaturated/α-hetero) is 1. The summed E-state index contributed by atoms with van der Waals surface area (Å²) in [6.07, 6.45) is -3.58. The number of hydrogen-bond donors (Lipinski definition) is 0. The van der Waals surface area contributed by atoms with Gasteiger partial charge in [-0.2, -0.15) is 13.2 Å². The van der Waals surface area contributed by atoms with Crippen molar-refractivity contribution in [3.8, 4) is 0 Å². The van der Waals surface area contributed by atoms with Gasteiger partial charge in [0.2, 0.25) is 0 Å². The predicted octanol–water partition coefficient (Wildman–Crippen LogP) is 2.16. The monoisotopic (exact) mass is 383 g/mol. The van der Waals surface area contributed by atoms with Gasteiger partial charge in [-0.1, -0.05) is 30.3 Å². The number of piperidine rings is 1. The summed E-state index contributed by atoms with van der Waals surface area (Å²) in [5.41, 5.74) is 0.628. The summed E-state index contributed by atoms with van der Waals surface area (Å²) >= 11 is 0. The molecule has 1 aromatic rings. The number of alkyl halides is 3. The first-order chi connectivity index (χ1) is 12.7. The first-order valence-electron chi connectivity index (χ1n) is 8.73. The van der Waals surface area contributed by atoms with Crippen molar-refractivity contribution >= 4 is 17.7 Å². The number of imide groups is 1. The summed E-state index contributed by atoms with van der Waals surface area (Å²) in [4.78, 5) is 39.7. The van der Waals surface area contributed by atoms with Gasteiger partial charge >= 0.3 is 12.2 Å². The van der Waals surface area contributed by atoms with Crippen molar-refractivity contribution in [2.24, 2.45) is 0 Å². The molecule has 2 aliphatic heterocycles. The van der Waals surface area contributed by atoms with Crippen LogP contribution in [0.25, 0.3) is 0 Å². The molecule has 146 valence electrons. The van der Waals surface area contributed by atoms with E-state index in [9.17, 15) is 27.6 Å². The van der Waals surface area contributed by atoms with E-state index in [1.165, 1.54) is 4.90 Å². The van der Waals surface area contributed by atoms with E-state index in [0.29, 0.717) is 31.5 Å². The number of amides is 3. The van der Waals surface area contributed by atoms with E-state index in [4.69, 9.17) is 0 Å². The van der Waals surface area contributed by atoms with E-state index in [0.717, 1.165) is 0 Å². The Morgan fingerprint density at radius 3 is 2.30 bits per heavy atom. The Labute approximate surface area is 154 Å². The molecule has 0 N–H and O–H groups in total. The molecule has 0 bridgehead atoms. The fraction of sp³-hybridized carbons (Fsp3) is 0.500. The Balaban J connectivity index is 1.53. The molecular formula is C18H20F3N3O3. The zero-order valence-corrected chi connectivity index (χ0v) is 14.6. The molecule has 2 fully saturated rings. The van der Waals surface area contributed by atoms with Crippen LogP contribution in [0.15, 0.2) is 30.3 Å². The van der Waals surface area contributed by atoms with E-state index in [1.54, 1.807) is 24.3 Å². The van der Waals surface area contributed by atoms with Gasteiger partial charge in [-0.25, -0.2) is 4.79 Å². The van der Waals surface area contributed by atoms with Crippen LogP contribution in [-0.2, 0) is 4.79 Å². The maximum Gasteiger partial charge on any atom is 0.406 e. The van der Waals surface area contributed by atoms with Crippen LogP contribution in [0.1, 0.15) is 23.2 Å². The maximum atomic E-state index is 12.5. The van der Waals surface area contributed by atoms with Crippen LogP contribution in [0.3, 0.4) is 0 Å². The Morgan fingerprint density at radius 2 is 1.70 bits per heavy atom. The number of rotatable bonds is 5. The molecule has 3 rings (SSSR count). The van der Waals surface area contributed by atoms with Crippen molar-refractivity contribution in [3.63, 3.8) is 0 Å². The molecule has 27 heavy (non-hydrogen) atoms. The summed E-state index contributed by atoms with van der Waals surface area (Å²) in [6, 6.07) is 7.75. The molecule has 2 saturated heterocycles. The highest BCUT2D eigenvalue weighted by molar-refractivity contribution is 6.02. The van der Waals surface area contributed by atoms with Crippen molar-refractivity contribution in [2.45, 2.75) is 25.1 Å². The summed E-state index contributed by atoms with van der Waals surface area (Å²) in [6.45, 7) is -0.529. The van der Waals surface area contributed by atoms with Gasteiger partial charge in [0, 0.05) is 24.7 Å². The molecule has 0 unspecified atom stereocenters. The third kappa shape index (κ3) is 4.65. The quantitative estimate of drug-likeness (QED) is 0.578. The molecule has 0 spiro atoms. The molecule has 2 heterocycles. The normalized spacial score (nSPS) is 19.8. The van der Waals surface area contributed by atoms with E-state index in [-0.39, 0.29) is 29.8 Å². The third-order valence-electron chi connectivity index (χ3n) is 4.88.